The van der Waals surface area contributed by atoms with Crippen LogP contribution in [0.25, 0.3) is 5.69 Å². The van der Waals surface area contributed by atoms with E-state index in [1.807, 2.05) is 6.07 Å². The minimum Gasteiger partial charge on any atom is -0.383 e. The van der Waals surface area contributed by atoms with Crippen molar-refractivity contribution in [3.8, 4) is 5.69 Å². The zero-order valence-corrected chi connectivity index (χ0v) is 15.5. The van der Waals surface area contributed by atoms with Gasteiger partial charge in [0.1, 0.15) is 18.0 Å². The van der Waals surface area contributed by atoms with E-state index >= 15 is 0 Å². The van der Waals surface area contributed by atoms with Crippen molar-refractivity contribution >= 4 is 17.3 Å². The van der Waals surface area contributed by atoms with Crippen molar-refractivity contribution in [2.45, 2.75) is 12.8 Å². The number of aryl methyl sites for hydroxylation is 1. The summed E-state index contributed by atoms with van der Waals surface area (Å²) in [5, 5.41) is 7.43. The molecule has 3 aromatic rings. The zero-order chi connectivity index (χ0) is 19.5. The molecule has 0 fully saturated rings. The fourth-order valence-electron chi connectivity index (χ4n) is 3.41. The Labute approximate surface area is 161 Å². The Balaban J connectivity index is 1.54. The number of anilines is 3. The number of aromatic nitrogens is 3. The molecule has 0 bridgehead atoms. The molecule has 6 nitrogen and oxygen atoms in total. The number of benzene rings is 2. The summed E-state index contributed by atoms with van der Waals surface area (Å²) in [6.07, 6.45) is 3.59. The summed E-state index contributed by atoms with van der Waals surface area (Å²) in [7, 11) is 1.70. The molecule has 2 heterocycles. The Morgan fingerprint density at radius 3 is 2.75 bits per heavy atom. The van der Waals surface area contributed by atoms with Crippen LogP contribution in [-0.4, -0.2) is 41.6 Å². The van der Waals surface area contributed by atoms with Gasteiger partial charge in [-0.05, 0) is 42.7 Å². The van der Waals surface area contributed by atoms with Gasteiger partial charge in [-0.1, -0.05) is 6.07 Å². The molecule has 0 unspecified atom stereocenters. The number of ether oxygens (including phenoxy) is 1. The second kappa shape index (κ2) is 7.93. The minimum absolute atomic E-state index is 0.272. The first-order valence-corrected chi connectivity index (χ1v) is 9.14. The monoisotopic (exact) mass is 385 g/mol. The Hall–Kier alpha value is -3.00. The lowest BCUT2D eigenvalue weighted by Gasteiger charge is -2.31. The second-order valence-corrected chi connectivity index (χ2v) is 6.69. The first-order chi connectivity index (χ1) is 13.6. The quantitative estimate of drug-likeness (QED) is 0.701. The highest BCUT2D eigenvalue weighted by molar-refractivity contribution is 5.66. The molecule has 0 saturated carbocycles. The van der Waals surface area contributed by atoms with Gasteiger partial charge in [-0.3, -0.25) is 0 Å². The third-order valence-corrected chi connectivity index (χ3v) is 4.73. The van der Waals surface area contributed by atoms with Crippen LogP contribution >= 0.6 is 0 Å². The Morgan fingerprint density at radius 2 is 1.96 bits per heavy atom. The van der Waals surface area contributed by atoms with E-state index in [4.69, 9.17) is 4.74 Å². The number of nitrogens with one attached hydrogen (secondary N) is 1. The smallest absolute Gasteiger partial charge is 0.246 e. The molecule has 0 spiro atoms. The maximum Gasteiger partial charge on any atom is 0.246 e. The molecule has 1 aliphatic rings. The van der Waals surface area contributed by atoms with Crippen LogP contribution in [0, 0.1) is 11.6 Å². The number of hydrogen-bond acceptors (Lipinski definition) is 5. The van der Waals surface area contributed by atoms with E-state index in [1.165, 1.54) is 34.4 Å². The number of methoxy groups -OCH3 is 1. The van der Waals surface area contributed by atoms with Gasteiger partial charge in [0.2, 0.25) is 5.95 Å². The summed E-state index contributed by atoms with van der Waals surface area (Å²) < 4.78 is 33.4. The van der Waals surface area contributed by atoms with E-state index < -0.39 is 11.6 Å². The highest BCUT2D eigenvalue weighted by Crippen LogP contribution is 2.30. The van der Waals surface area contributed by atoms with Gasteiger partial charge in [0.25, 0.3) is 0 Å². The fourth-order valence-corrected chi connectivity index (χ4v) is 3.41. The SMILES string of the molecule is COCCN1CCCc2ccc(Nc3ncn(-c4cc(F)cc(F)c4)n3)cc21. The average molecular weight is 385 g/mol. The highest BCUT2D eigenvalue weighted by Gasteiger charge is 2.17. The summed E-state index contributed by atoms with van der Waals surface area (Å²) >= 11 is 0. The molecule has 1 aromatic heterocycles. The molecule has 146 valence electrons. The molecule has 2 aromatic carbocycles. The molecule has 0 saturated heterocycles. The van der Waals surface area contributed by atoms with E-state index in [2.05, 4.69) is 32.4 Å². The van der Waals surface area contributed by atoms with Gasteiger partial charge >= 0.3 is 0 Å². The average Bonchev–Trinajstić information content (AvgIpc) is 3.14. The van der Waals surface area contributed by atoms with Gasteiger partial charge in [0.05, 0.1) is 12.3 Å². The number of rotatable bonds is 6. The fraction of sp³-hybridized carbons (Fsp3) is 0.300. The topological polar surface area (TPSA) is 55.2 Å². The number of fused-ring (bicyclic) bond motifs is 1. The van der Waals surface area contributed by atoms with Crippen LogP contribution in [0.2, 0.25) is 0 Å². The predicted octanol–water partition coefficient (Wildman–Crippen LogP) is 3.69. The number of hydrogen-bond donors (Lipinski definition) is 1. The van der Waals surface area contributed by atoms with Crippen molar-refractivity contribution in [1.29, 1.82) is 0 Å². The van der Waals surface area contributed by atoms with Crippen molar-refractivity contribution in [2.75, 3.05) is 37.0 Å². The normalized spacial score (nSPS) is 13.5. The predicted molar refractivity (Wildman–Crippen MR) is 103 cm³/mol. The minimum atomic E-state index is -0.661. The lowest BCUT2D eigenvalue weighted by atomic mass is 10.0. The van der Waals surface area contributed by atoms with Gasteiger partial charge in [-0.15, -0.1) is 5.10 Å². The zero-order valence-electron chi connectivity index (χ0n) is 15.5. The third kappa shape index (κ3) is 3.96. The van der Waals surface area contributed by atoms with Crippen LogP contribution in [0.3, 0.4) is 0 Å². The largest absolute Gasteiger partial charge is 0.383 e. The van der Waals surface area contributed by atoms with Gasteiger partial charge in [-0.2, -0.15) is 4.98 Å². The maximum atomic E-state index is 13.4. The Kier molecular flexibility index (Phi) is 5.21. The van der Waals surface area contributed by atoms with E-state index in [0.717, 1.165) is 37.7 Å². The van der Waals surface area contributed by atoms with Gasteiger partial charge in [0.15, 0.2) is 0 Å². The third-order valence-electron chi connectivity index (χ3n) is 4.73. The number of halogens is 2. The van der Waals surface area contributed by atoms with E-state index in [0.29, 0.717) is 12.6 Å². The summed E-state index contributed by atoms with van der Waals surface area (Å²) in [6.45, 7) is 2.51. The van der Waals surface area contributed by atoms with Gasteiger partial charge < -0.3 is 15.0 Å². The van der Waals surface area contributed by atoms with Crippen molar-refractivity contribution < 1.29 is 13.5 Å². The van der Waals surface area contributed by atoms with Crippen molar-refractivity contribution in [3.05, 3.63) is 59.9 Å². The van der Waals surface area contributed by atoms with Crippen LogP contribution < -0.4 is 10.2 Å². The number of nitrogens with zero attached hydrogens (tertiary/aromatic N) is 4. The molecular weight excluding hydrogens is 364 g/mol. The standard InChI is InChI=1S/C20H21F2N5O/c1-28-8-7-26-6-2-3-14-4-5-17(12-19(14)26)24-20-23-13-27(25-20)18-10-15(21)9-16(22)11-18/h4-5,9-13H,2-3,6-8H2,1H3,(H,24,25). The first kappa shape index (κ1) is 18.4. The van der Waals surface area contributed by atoms with Gasteiger partial charge in [0, 0.05) is 37.6 Å². The van der Waals surface area contributed by atoms with Crippen LogP contribution in [0.4, 0.5) is 26.1 Å². The molecule has 8 heteroatoms. The lowest BCUT2D eigenvalue weighted by molar-refractivity contribution is 0.205. The summed E-state index contributed by atoms with van der Waals surface area (Å²) in [5.41, 5.74) is 3.61. The van der Waals surface area contributed by atoms with E-state index in [1.54, 1.807) is 7.11 Å². The van der Waals surface area contributed by atoms with E-state index in [9.17, 15) is 8.78 Å². The molecule has 0 aliphatic carbocycles. The summed E-state index contributed by atoms with van der Waals surface area (Å²) in [6, 6.07) is 9.40. The highest BCUT2D eigenvalue weighted by atomic mass is 19.1. The summed E-state index contributed by atoms with van der Waals surface area (Å²) in [4.78, 5) is 6.50. The molecule has 1 N–H and O–H groups in total. The van der Waals surface area contributed by atoms with Crippen LogP contribution in [0.15, 0.2) is 42.7 Å². The van der Waals surface area contributed by atoms with Crippen LogP contribution in [0.1, 0.15) is 12.0 Å². The first-order valence-electron chi connectivity index (χ1n) is 9.14. The lowest BCUT2D eigenvalue weighted by Crippen LogP contribution is -2.32. The molecule has 4 rings (SSSR count). The molecule has 1 aliphatic heterocycles. The van der Waals surface area contributed by atoms with Crippen molar-refractivity contribution in [1.82, 2.24) is 14.8 Å². The molecule has 0 amide bonds. The molecular formula is C20H21F2N5O. The van der Waals surface area contributed by atoms with Crippen LogP contribution in [0.5, 0.6) is 0 Å². The molecule has 0 radical (unpaired) electrons. The molecule has 28 heavy (non-hydrogen) atoms. The van der Waals surface area contributed by atoms with Crippen LogP contribution in [-0.2, 0) is 11.2 Å². The second-order valence-electron chi connectivity index (χ2n) is 6.69. The summed E-state index contributed by atoms with van der Waals surface area (Å²) in [5.74, 6) is -0.972. The Bertz CT molecular complexity index is 955. The van der Waals surface area contributed by atoms with E-state index in [-0.39, 0.29) is 5.69 Å². The molecule has 0 atom stereocenters. The van der Waals surface area contributed by atoms with Crippen molar-refractivity contribution in [3.63, 3.8) is 0 Å². The maximum absolute atomic E-state index is 13.4. The van der Waals surface area contributed by atoms with Gasteiger partial charge in [-0.25, -0.2) is 13.5 Å². The van der Waals surface area contributed by atoms with Crippen molar-refractivity contribution in [2.24, 2.45) is 0 Å². The Morgan fingerprint density at radius 1 is 1.14 bits per heavy atom.